The summed E-state index contributed by atoms with van der Waals surface area (Å²) >= 11 is 0. The van der Waals surface area contributed by atoms with Crippen molar-refractivity contribution in [3.8, 4) is 0 Å². The Morgan fingerprint density at radius 3 is 2.56 bits per heavy atom. The molecule has 1 atom stereocenters. The first kappa shape index (κ1) is 9.22. The Morgan fingerprint density at radius 2 is 1.69 bits per heavy atom. The molecule has 0 aliphatic heterocycles. The van der Waals surface area contributed by atoms with Gasteiger partial charge < -0.3 is 5.11 Å². The Hall–Kier alpha value is -2.02. The predicted molar refractivity (Wildman–Crippen MR) is 66.0 cm³/mol. The van der Waals surface area contributed by atoms with Gasteiger partial charge in [-0.3, -0.25) is 0 Å². The van der Waals surface area contributed by atoms with E-state index in [4.69, 9.17) is 0 Å². The number of allylic oxidation sites excluding steroid dienone is 5. The zero-order valence-corrected chi connectivity index (χ0v) is 8.80. The number of benzene rings is 1. The minimum atomic E-state index is 0.274. The summed E-state index contributed by atoms with van der Waals surface area (Å²) in [7, 11) is 0. The second-order valence-electron chi connectivity index (χ2n) is 4.02. The van der Waals surface area contributed by atoms with E-state index in [1.807, 2.05) is 36.4 Å². The molecule has 1 unspecified atom stereocenters. The highest BCUT2D eigenvalue weighted by Gasteiger charge is 2.12. The van der Waals surface area contributed by atoms with E-state index >= 15 is 0 Å². The molecule has 0 spiro atoms. The molecule has 1 heteroatoms. The summed E-state index contributed by atoms with van der Waals surface area (Å²) in [5.74, 6) is 0.620. The summed E-state index contributed by atoms with van der Waals surface area (Å²) in [4.78, 5) is 0. The van der Waals surface area contributed by atoms with Crippen molar-refractivity contribution in [2.75, 3.05) is 0 Å². The quantitative estimate of drug-likeness (QED) is 0.689. The van der Waals surface area contributed by atoms with Gasteiger partial charge in [-0.1, -0.05) is 54.6 Å². The van der Waals surface area contributed by atoms with Crippen LogP contribution in [0.15, 0.2) is 60.7 Å². The molecule has 0 bridgehead atoms. The van der Waals surface area contributed by atoms with Crippen molar-refractivity contribution in [1.82, 2.24) is 0 Å². The molecule has 0 amide bonds. The fourth-order valence-electron chi connectivity index (χ4n) is 2.24. The van der Waals surface area contributed by atoms with Gasteiger partial charge in [0.15, 0.2) is 0 Å². The maximum absolute atomic E-state index is 9.96. The molecule has 78 valence electrons. The van der Waals surface area contributed by atoms with Crippen molar-refractivity contribution in [3.63, 3.8) is 0 Å². The SMILES string of the molecule is OC1=c2ccccc2=C2C=CC=CC2C=C1. The third-order valence-electron chi connectivity index (χ3n) is 3.04. The zero-order valence-electron chi connectivity index (χ0n) is 8.80. The summed E-state index contributed by atoms with van der Waals surface area (Å²) < 4.78 is 0. The molecule has 3 rings (SSSR count). The minimum absolute atomic E-state index is 0.274. The highest BCUT2D eigenvalue weighted by atomic mass is 16.3. The molecular formula is C15H12O. The van der Waals surface area contributed by atoms with Crippen molar-refractivity contribution in [2.45, 2.75) is 0 Å². The topological polar surface area (TPSA) is 20.2 Å². The first-order chi connectivity index (χ1) is 7.86. The second-order valence-corrected chi connectivity index (χ2v) is 4.02. The highest BCUT2D eigenvalue weighted by Crippen LogP contribution is 2.21. The van der Waals surface area contributed by atoms with Crippen LogP contribution in [0.5, 0.6) is 0 Å². The van der Waals surface area contributed by atoms with E-state index in [0.717, 1.165) is 10.4 Å². The van der Waals surface area contributed by atoms with Gasteiger partial charge in [0.25, 0.3) is 0 Å². The van der Waals surface area contributed by atoms with Crippen LogP contribution in [-0.2, 0) is 0 Å². The number of fused-ring (bicyclic) bond motifs is 2. The standard InChI is InChI=1S/C15H12O/c16-15-10-9-11-5-1-2-6-12(11)13-7-3-4-8-14(13)15/h1-11,16H. The van der Waals surface area contributed by atoms with E-state index in [9.17, 15) is 5.11 Å². The molecule has 0 fully saturated rings. The van der Waals surface area contributed by atoms with Crippen molar-refractivity contribution < 1.29 is 5.11 Å². The third kappa shape index (κ3) is 1.33. The largest absolute Gasteiger partial charge is 0.507 e. The smallest absolute Gasteiger partial charge is 0.123 e. The Balaban J connectivity index is 2.48. The maximum atomic E-state index is 9.96. The van der Waals surface area contributed by atoms with E-state index in [0.29, 0.717) is 5.76 Å². The zero-order chi connectivity index (χ0) is 11.0. The van der Waals surface area contributed by atoms with Gasteiger partial charge in [0.1, 0.15) is 5.76 Å². The number of hydrogen-bond acceptors (Lipinski definition) is 1. The molecule has 0 aromatic heterocycles. The molecule has 1 nitrogen and oxygen atoms in total. The molecular weight excluding hydrogens is 196 g/mol. The highest BCUT2D eigenvalue weighted by molar-refractivity contribution is 5.69. The summed E-state index contributed by atoms with van der Waals surface area (Å²) in [6.45, 7) is 0. The van der Waals surface area contributed by atoms with Crippen molar-refractivity contribution in [1.29, 1.82) is 0 Å². The summed E-state index contributed by atoms with van der Waals surface area (Å²) in [5, 5.41) is 12.0. The van der Waals surface area contributed by atoms with Gasteiger partial charge in [-0.15, -0.1) is 0 Å². The second kappa shape index (κ2) is 3.53. The molecule has 0 saturated heterocycles. The van der Waals surface area contributed by atoms with E-state index in [1.165, 1.54) is 5.57 Å². The van der Waals surface area contributed by atoms with Crippen molar-refractivity contribution >= 4 is 11.3 Å². The lowest BCUT2D eigenvalue weighted by Gasteiger charge is -2.11. The minimum Gasteiger partial charge on any atom is -0.507 e. The molecule has 0 heterocycles. The molecule has 0 radical (unpaired) electrons. The van der Waals surface area contributed by atoms with E-state index < -0.39 is 0 Å². The van der Waals surface area contributed by atoms with Crippen LogP contribution in [0.3, 0.4) is 0 Å². The van der Waals surface area contributed by atoms with Crippen LogP contribution in [0.4, 0.5) is 0 Å². The fraction of sp³-hybridized carbons (Fsp3) is 0.0667. The molecule has 16 heavy (non-hydrogen) atoms. The van der Waals surface area contributed by atoms with Crippen LogP contribution < -0.4 is 10.4 Å². The molecule has 2 aliphatic rings. The van der Waals surface area contributed by atoms with Gasteiger partial charge in [-0.25, -0.2) is 0 Å². The lowest BCUT2D eigenvalue weighted by Crippen LogP contribution is -2.28. The van der Waals surface area contributed by atoms with Gasteiger partial charge >= 0.3 is 0 Å². The number of rotatable bonds is 0. The average molecular weight is 208 g/mol. The summed E-state index contributed by atoms with van der Waals surface area (Å²) in [5.41, 5.74) is 1.25. The van der Waals surface area contributed by atoms with Crippen LogP contribution in [-0.4, -0.2) is 5.11 Å². The predicted octanol–water partition coefficient (Wildman–Crippen LogP) is 1.82. The lowest BCUT2D eigenvalue weighted by atomic mass is 9.93. The molecule has 1 N–H and O–H groups in total. The number of aliphatic hydroxyl groups excluding tert-OH is 1. The molecule has 1 aromatic carbocycles. The van der Waals surface area contributed by atoms with Gasteiger partial charge in [0.2, 0.25) is 0 Å². The Labute approximate surface area is 94.1 Å². The third-order valence-corrected chi connectivity index (χ3v) is 3.04. The first-order valence-electron chi connectivity index (χ1n) is 5.42. The molecule has 0 saturated carbocycles. The lowest BCUT2D eigenvalue weighted by molar-refractivity contribution is 0.511. The monoisotopic (exact) mass is 208 g/mol. The van der Waals surface area contributed by atoms with E-state index in [2.05, 4.69) is 18.2 Å². The van der Waals surface area contributed by atoms with Crippen LogP contribution in [0.25, 0.3) is 11.3 Å². The summed E-state index contributed by atoms with van der Waals surface area (Å²) in [6, 6.07) is 7.97. The Morgan fingerprint density at radius 1 is 0.875 bits per heavy atom. The maximum Gasteiger partial charge on any atom is 0.123 e. The van der Waals surface area contributed by atoms with E-state index in [1.54, 1.807) is 6.08 Å². The van der Waals surface area contributed by atoms with Crippen molar-refractivity contribution in [2.24, 2.45) is 5.92 Å². The van der Waals surface area contributed by atoms with Crippen LogP contribution in [0, 0.1) is 5.92 Å². The van der Waals surface area contributed by atoms with Gasteiger partial charge in [-0.2, -0.15) is 0 Å². The number of aliphatic hydroxyl groups is 1. The van der Waals surface area contributed by atoms with Crippen molar-refractivity contribution in [3.05, 3.63) is 71.2 Å². The summed E-state index contributed by atoms with van der Waals surface area (Å²) in [6.07, 6.45) is 12.2. The molecule has 1 aromatic rings. The number of hydrogen-bond donors (Lipinski definition) is 1. The van der Waals surface area contributed by atoms with Crippen LogP contribution in [0.1, 0.15) is 0 Å². The van der Waals surface area contributed by atoms with Gasteiger partial charge in [-0.05, 0) is 16.9 Å². The van der Waals surface area contributed by atoms with E-state index in [-0.39, 0.29) is 5.92 Å². The van der Waals surface area contributed by atoms with Crippen LogP contribution in [0.2, 0.25) is 0 Å². The Kier molecular flexibility index (Phi) is 2.03. The van der Waals surface area contributed by atoms with Crippen LogP contribution >= 0.6 is 0 Å². The first-order valence-corrected chi connectivity index (χ1v) is 5.42. The van der Waals surface area contributed by atoms with Gasteiger partial charge in [0.05, 0.1) is 0 Å². The normalized spacial score (nSPS) is 21.6. The molecule has 2 aliphatic carbocycles. The van der Waals surface area contributed by atoms with Gasteiger partial charge in [0, 0.05) is 11.1 Å². The average Bonchev–Trinajstić information content (AvgIpc) is 2.49. The fourth-order valence-corrected chi connectivity index (χ4v) is 2.24. The Bertz CT molecular complexity index is 630.